The summed E-state index contributed by atoms with van der Waals surface area (Å²) in [5, 5.41) is 12.9. The van der Waals surface area contributed by atoms with E-state index in [4.69, 9.17) is 9.47 Å². The molecule has 0 aliphatic heterocycles. The summed E-state index contributed by atoms with van der Waals surface area (Å²) in [5.74, 6) is 0.788. The predicted molar refractivity (Wildman–Crippen MR) is 76.7 cm³/mol. The van der Waals surface area contributed by atoms with Crippen LogP contribution in [0.15, 0.2) is 24.3 Å². The molecule has 0 saturated heterocycles. The zero-order valence-electron chi connectivity index (χ0n) is 11.9. The van der Waals surface area contributed by atoms with Crippen molar-refractivity contribution in [2.24, 2.45) is 0 Å². The van der Waals surface area contributed by atoms with Crippen LogP contribution in [0.2, 0.25) is 0 Å². The quantitative estimate of drug-likeness (QED) is 0.632. The van der Waals surface area contributed by atoms with E-state index in [1.807, 2.05) is 24.3 Å². The van der Waals surface area contributed by atoms with E-state index in [-0.39, 0.29) is 0 Å². The number of hydrogen-bond donors (Lipinski definition) is 2. The number of aliphatic hydroxyl groups excluding tert-OH is 1. The molecule has 0 aliphatic rings. The Labute approximate surface area is 115 Å². The SMILES string of the molecule is CCCNC[C@@H](O)COc1ccc(CCOC)cc1. The van der Waals surface area contributed by atoms with Crippen LogP contribution < -0.4 is 10.1 Å². The Morgan fingerprint density at radius 2 is 2.00 bits per heavy atom. The molecule has 108 valence electrons. The van der Waals surface area contributed by atoms with Gasteiger partial charge in [0.2, 0.25) is 0 Å². The van der Waals surface area contributed by atoms with Gasteiger partial charge in [0.15, 0.2) is 0 Å². The van der Waals surface area contributed by atoms with Crippen LogP contribution in [-0.2, 0) is 11.2 Å². The summed E-state index contributed by atoms with van der Waals surface area (Å²) in [6.45, 7) is 4.63. The van der Waals surface area contributed by atoms with Crippen molar-refractivity contribution in [2.45, 2.75) is 25.9 Å². The molecule has 1 atom stereocenters. The second-order valence-electron chi connectivity index (χ2n) is 4.56. The fourth-order valence-corrected chi connectivity index (χ4v) is 1.67. The van der Waals surface area contributed by atoms with E-state index < -0.39 is 6.10 Å². The number of nitrogens with one attached hydrogen (secondary N) is 1. The summed E-state index contributed by atoms with van der Waals surface area (Å²) >= 11 is 0. The maximum atomic E-state index is 9.70. The van der Waals surface area contributed by atoms with Crippen molar-refractivity contribution < 1.29 is 14.6 Å². The summed E-state index contributed by atoms with van der Waals surface area (Å²) in [6, 6.07) is 7.90. The fraction of sp³-hybridized carbons (Fsp3) is 0.600. The van der Waals surface area contributed by atoms with Gasteiger partial charge < -0.3 is 19.9 Å². The molecule has 0 amide bonds. The molecule has 19 heavy (non-hydrogen) atoms. The Hall–Kier alpha value is -1.10. The van der Waals surface area contributed by atoms with Gasteiger partial charge in [-0.05, 0) is 37.1 Å². The summed E-state index contributed by atoms with van der Waals surface area (Å²) < 4.78 is 10.6. The van der Waals surface area contributed by atoms with E-state index >= 15 is 0 Å². The highest BCUT2D eigenvalue weighted by atomic mass is 16.5. The van der Waals surface area contributed by atoms with Gasteiger partial charge in [-0.1, -0.05) is 19.1 Å². The minimum atomic E-state index is -0.472. The summed E-state index contributed by atoms with van der Waals surface area (Å²) in [4.78, 5) is 0. The average Bonchev–Trinajstić information content (AvgIpc) is 2.44. The Balaban J connectivity index is 2.25. The lowest BCUT2D eigenvalue weighted by atomic mass is 10.1. The first-order valence-corrected chi connectivity index (χ1v) is 6.85. The molecule has 1 aromatic carbocycles. The van der Waals surface area contributed by atoms with Crippen molar-refractivity contribution in [1.82, 2.24) is 5.32 Å². The number of benzene rings is 1. The molecule has 0 radical (unpaired) electrons. The topological polar surface area (TPSA) is 50.7 Å². The normalized spacial score (nSPS) is 12.4. The van der Waals surface area contributed by atoms with Crippen molar-refractivity contribution in [1.29, 1.82) is 0 Å². The van der Waals surface area contributed by atoms with Crippen LogP contribution in [0.4, 0.5) is 0 Å². The van der Waals surface area contributed by atoms with E-state index in [2.05, 4.69) is 12.2 Å². The number of ether oxygens (including phenoxy) is 2. The lowest BCUT2D eigenvalue weighted by Gasteiger charge is -2.13. The summed E-state index contributed by atoms with van der Waals surface area (Å²) in [7, 11) is 1.70. The van der Waals surface area contributed by atoms with Crippen LogP contribution in [0, 0.1) is 0 Å². The minimum absolute atomic E-state index is 0.314. The third kappa shape index (κ3) is 7.15. The number of methoxy groups -OCH3 is 1. The van der Waals surface area contributed by atoms with Crippen LogP contribution in [0.5, 0.6) is 5.75 Å². The van der Waals surface area contributed by atoms with Crippen LogP contribution in [0.1, 0.15) is 18.9 Å². The van der Waals surface area contributed by atoms with Crippen molar-refractivity contribution in [3.05, 3.63) is 29.8 Å². The van der Waals surface area contributed by atoms with E-state index in [0.717, 1.165) is 31.7 Å². The minimum Gasteiger partial charge on any atom is -0.491 e. The molecule has 0 unspecified atom stereocenters. The standard InChI is InChI=1S/C15H25NO3/c1-3-9-16-11-14(17)12-19-15-6-4-13(5-7-15)8-10-18-2/h4-7,14,16-17H,3,8-12H2,1-2H3/t14-/m1/s1. The van der Waals surface area contributed by atoms with Gasteiger partial charge in [0, 0.05) is 13.7 Å². The highest BCUT2D eigenvalue weighted by Crippen LogP contribution is 2.12. The van der Waals surface area contributed by atoms with E-state index in [1.165, 1.54) is 5.56 Å². The van der Waals surface area contributed by atoms with Gasteiger partial charge >= 0.3 is 0 Å². The van der Waals surface area contributed by atoms with Crippen molar-refractivity contribution in [3.63, 3.8) is 0 Å². The van der Waals surface area contributed by atoms with Gasteiger partial charge in [-0.15, -0.1) is 0 Å². The maximum Gasteiger partial charge on any atom is 0.119 e. The Morgan fingerprint density at radius 3 is 2.63 bits per heavy atom. The van der Waals surface area contributed by atoms with Gasteiger partial charge in [-0.3, -0.25) is 0 Å². The summed E-state index contributed by atoms with van der Waals surface area (Å²) in [6.07, 6.45) is 1.50. The van der Waals surface area contributed by atoms with E-state index in [1.54, 1.807) is 7.11 Å². The number of rotatable bonds is 10. The second-order valence-corrected chi connectivity index (χ2v) is 4.56. The zero-order valence-corrected chi connectivity index (χ0v) is 11.9. The van der Waals surface area contributed by atoms with Gasteiger partial charge in [-0.2, -0.15) is 0 Å². The molecule has 1 aromatic rings. The molecule has 0 aliphatic carbocycles. The third-order valence-corrected chi connectivity index (χ3v) is 2.77. The molecule has 0 spiro atoms. The van der Waals surface area contributed by atoms with Crippen molar-refractivity contribution >= 4 is 0 Å². The first kappa shape index (κ1) is 16.0. The predicted octanol–water partition coefficient (Wildman–Crippen LogP) is 1.61. The Bertz CT molecular complexity index is 327. The van der Waals surface area contributed by atoms with Crippen molar-refractivity contribution in [2.75, 3.05) is 33.4 Å². The van der Waals surface area contributed by atoms with Gasteiger partial charge in [0.25, 0.3) is 0 Å². The molecule has 0 bridgehead atoms. The Kier molecular flexibility index (Phi) is 8.21. The van der Waals surface area contributed by atoms with Gasteiger partial charge in [0.1, 0.15) is 18.5 Å². The highest BCUT2D eigenvalue weighted by molar-refractivity contribution is 5.27. The van der Waals surface area contributed by atoms with E-state index in [0.29, 0.717) is 13.2 Å². The maximum absolute atomic E-state index is 9.70. The molecule has 0 heterocycles. The monoisotopic (exact) mass is 267 g/mol. The summed E-state index contributed by atoms with van der Waals surface area (Å²) in [5.41, 5.74) is 1.22. The smallest absolute Gasteiger partial charge is 0.119 e. The lowest BCUT2D eigenvalue weighted by Crippen LogP contribution is -2.31. The number of hydrogen-bond acceptors (Lipinski definition) is 4. The lowest BCUT2D eigenvalue weighted by molar-refractivity contribution is 0.106. The molecule has 0 fully saturated rings. The van der Waals surface area contributed by atoms with Crippen LogP contribution in [-0.4, -0.2) is 44.6 Å². The van der Waals surface area contributed by atoms with E-state index in [9.17, 15) is 5.11 Å². The Morgan fingerprint density at radius 1 is 1.26 bits per heavy atom. The average molecular weight is 267 g/mol. The molecular weight excluding hydrogens is 242 g/mol. The van der Waals surface area contributed by atoms with Crippen molar-refractivity contribution in [3.8, 4) is 5.75 Å². The fourth-order valence-electron chi connectivity index (χ4n) is 1.67. The molecule has 0 saturated carbocycles. The molecule has 0 aromatic heterocycles. The van der Waals surface area contributed by atoms with Crippen LogP contribution >= 0.6 is 0 Å². The van der Waals surface area contributed by atoms with Gasteiger partial charge in [0.05, 0.1) is 6.61 Å². The van der Waals surface area contributed by atoms with Crippen LogP contribution in [0.25, 0.3) is 0 Å². The highest BCUT2D eigenvalue weighted by Gasteiger charge is 2.04. The first-order chi connectivity index (χ1) is 9.26. The molecule has 2 N–H and O–H groups in total. The second kappa shape index (κ2) is 9.78. The first-order valence-electron chi connectivity index (χ1n) is 6.85. The molecule has 1 rings (SSSR count). The third-order valence-electron chi connectivity index (χ3n) is 2.77. The zero-order chi connectivity index (χ0) is 13.9. The largest absolute Gasteiger partial charge is 0.491 e. The van der Waals surface area contributed by atoms with Crippen LogP contribution in [0.3, 0.4) is 0 Å². The number of aliphatic hydroxyl groups is 1. The van der Waals surface area contributed by atoms with Gasteiger partial charge in [-0.25, -0.2) is 0 Å². The molecule has 4 heteroatoms. The molecular formula is C15H25NO3. The molecule has 4 nitrogen and oxygen atoms in total.